The lowest BCUT2D eigenvalue weighted by Gasteiger charge is -2.34. The van der Waals surface area contributed by atoms with Crippen molar-refractivity contribution >= 4 is 23.2 Å². The quantitative estimate of drug-likeness (QED) is 0.775. The normalized spacial score (nSPS) is 18.4. The molecule has 0 unspecified atom stereocenters. The van der Waals surface area contributed by atoms with Crippen LogP contribution in [0.2, 0.25) is 10.0 Å². The van der Waals surface area contributed by atoms with Crippen molar-refractivity contribution in [2.45, 2.75) is 58.4 Å². The Labute approximate surface area is 133 Å². The van der Waals surface area contributed by atoms with E-state index in [-0.39, 0.29) is 5.54 Å². The largest absolute Gasteiger partial charge is 0.312 e. The molecule has 0 heterocycles. The minimum Gasteiger partial charge on any atom is -0.312 e. The van der Waals surface area contributed by atoms with E-state index in [0.717, 1.165) is 23.0 Å². The van der Waals surface area contributed by atoms with Crippen molar-refractivity contribution in [3.63, 3.8) is 0 Å². The smallest absolute Gasteiger partial charge is 0.0439 e. The van der Waals surface area contributed by atoms with Gasteiger partial charge >= 0.3 is 0 Å². The van der Waals surface area contributed by atoms with Crippen molar-refractivity contribution in [3.05, 3.63) is 33.8 Å². The summed E-state index contributed by atoms with van der Waals surface area (Å²) < 4.78 is 0. The molecule has 0 aliphatic heterocycles. The Balaban J connectivity index is 2.14. The van der Waals surface area contributed by atoms with Gasteiger partial charge in [-0.05, 0) is 69.2 Å². The van der Waals surface area contributed by atoms with E-state index in [1.165, 1.54) is 31.2 Å². The van der Waals surface area contributed by atoms with Crippen LogP contribution >= 0.6 is 23.2 Å². The number of nitrogens with one attached hydrogen (secondary N) is 1. The van der Waals surface area contributed by atoms with Gasteiger partial charge in [0, 0.05) is 22.1 Å². The van der Waals surface area contributed by atoms with Gasteiger partial charge in [0.25, 0.3) is 0 Å². The predicted octanol–water partition coefficient (Wildman–Crippen LogP) is 5.48. The van der Waals surface area contributed by atoms with Gasteiger partial charge in [-0.3, -0.25) is 0 Å². The first-order chi connectivity index (χ1) is 9.30. The second-order valence-corrected chi connectivity index (χ2v) is 8.07. The highest BCUT2D eigenvalue weighted by Crippen LogP contribution is 2.42. The lowest BCUT2D eigenvalue weighted by Crippen LogP contribution is -2.44. The van der Waals surface area contributed by atoms with Crippen molar-refractivity contribution in [1.29, 1.82) is 0 Å². The van der Waals surface area contributed by atoms with Crippen molar-refractivity contribution in [3.8, 4) is 0 Å². The SMILES string of the molecule is CC(C)(C)NCC1(Cc2cc(Cl)ccc2Cl)CCCC1. The van der Waals surface area contributed by atoms with E-state index in [9.17, 15) is 0 Å². The van der Waals surface area contributed by atoms with Gasteiger partial charge in [-0.15, -0.1) is 0 Å². The van der Waals surface area contributed by atoms with E-state index >= 15 is 0 Å². The van der Waals surface area contributed by atoms with Crippen LogP contribution in [-0.4, -0.2) is 12.1 Å². The molecule has 20 heavy (non-hydrogen) atoms. The molecule has 112 valence electrons. The molecule has 0 amide bonds. The zero-order valence-electron chi connectivity index (χ0n) is 12.7. The Bertz CT molecular complexity index is 457. The fraction of sp³-hybridized carbons (Fsp3) is 0.647. The number of hydrogen-bond acceptors (Lipinski definition) is 1. The van der Waals surface area contributed by atoms with Gasteiger partial charge in [0.15, 0.2) is 0 Å². The number of hydrogen-bond donors (Lipinski definition) is 1. The van der Waals surface area contributed by atoms with Gasteiger partial charge in [-0.25, -0.2) is 0 Å². The monoisotopic (exact) mass is 313 g/mol. The van der Waals surface area contributed by atoms with Gasteiger partial charge in [0.1, 0.15) is 0 Å². The van der Waals surface area contributed by atoms with E-state index in [0.29, 0.717) is 5.41 Å². The van der Waals surface area contributed by atoms with Gasteiger partial charge in [-0.2, -0.15) is 0 Å². The summed E-state index contributed by atoms with van der Waals surface area (Å²) in [6.07, 6.45) is 6.22. The molecule has 2 rings (SSSR count). The lowest BCUT2D eigenvalue weighted by atomic mass is 9.79. The molecule has 0 bridgehead atoms. The summed E-state index contributed by atoms with van der Waals surface area (Å²) in [6.45, 7) is 7.73. The first kappa shape index (κ1) is 16.1. The topological polar surface area (TPSA) is 12.0 Å². The molecule has 1 fully saturated rings. The van der Waals surface area contributed by atoms with E-state index in [4.69, 9.17) is 23.2 Å². The highest BCUT2D eigenvalue weighted by atomic mass is 35.5. The van der Waals surface area contributed by atoms with Crippen LogP contribution in [0.4, 0.5) is 0 Å². The number of rotatable bonds is 4. The Morgan fingerprint density at radius 3 is 2.40 bits per heavy atom. The molecule has 0 spiro atoms. The Hall–Kier alpha value is -0.240. The summed E-state index contributed by atoms with van der Waals surface area (Å²) >= 11 is 12.5. The van der Waals surface area contributed by atoms with Crippen LogP contribution < -0.4 is 5.32 Å². The maximum Gasteiger partial charge on any atom is 0.0439 e. The average Bonchev–Trinajstić information content (AvgIpc) is 2.80. The highest BCUT2D eigenvalue weighted by Gasteiger charge is 2.35. The molecule has 1 aromatic carbocycles. The Morgan fingerprint density at radius 2 is 1.80 bits per heavy atom. The molecule has 1 saturated carbocycles. The number of benzene rings is 1. The Morgan fingerprint density at radius 1 is 1.15 bits per heavy atom. The molecule has 3 heteroatoms. The van der Waals surface area contributed by atoms with E-state index in [1.807, 2.05) is 18.2 Å². The summed E-state index contributed by atoms with van der Waals surface area (Å²) in [5.41, 5.74) is 1.69. The second kappa shape index (κ2) is 6.25. The first-order valence-electron chi connectivity index (χ1n) is 7.49. The van der Waals surface area contributed by atoms with Crippen LogP contribution in [0.1, 0.15) is 52.0 Å². The molecule has 0 aromatic heterocycles. The lowest BCUT2D eigenvalue weighted by molar-refractivity contribution is 0.245. The van der Waals surface area contributed by atoms with Crippen LogP contribution in [0.15, 0.2) is 18.2 Å². The Kier molecular flexibility index (Phi) is 5.05. The zero-order chi connectivity index (χ0) is 14.8. The molecule has 1 aromatic rings. The third kappa shape index (κ3) is 4.38. The highest BCUT2D eigenvalue weighted by molar-refractivity contribution is 6.33. The minimum absolute atomic E-state index is 0.160. The summed E-state index contributed by atoms with van der Waals surface area (Å²) in [4.78, 5) is 0. The second-order valence-electron chi connectivity index (χ2n) is 7.22. The van der Waals surface area contributed by atoms with Crippen molar-refractivity contribution in [2.24, 2.45) is 5.41 Å². The van der Waals surface area contributed by atoms with Gasteiger partial charge in [0.2, 0.25) is 0 Å². The maximum absolute atomic E-state index is 6.35. The summed E-state index contributed by atoms with van der Waals surface area (Å²) in [5.74, 6) is 0. The van der Waals surface area contributed by atoms with Crippen LogP contribution in [0.5, 0.6) is 0 Å². The fourth-order valence-electron chi connectivity index (χ4n) is 3.08. The van der Waals surface area contributed by atoms with E-state index in [2.05, 4.69) is 26.1 Å². The molecule has 1 nitrogen and oxygen atoms in total. The third-order valence-electron chi connectivity index (χ3n) is 4.23. The predicted molar refractivity (Wildman–Crippen MR) is 88.8 cm³/mol. The molecule has 0 saturated heterocycles. The third-order valence-corrected chi connectivity index (χ3v) is 4.83. The fourth-order valence-corrected chi connectivity index (χ4v) is 3.46. The number of halogens is 2. The maximum atomic E-state index is 6.35. The van der Waals surface area contributed by atoms with Crippen LogP contribution in [0.3, 0.4) is 0 Å². The van der Waals surface area contributed by atoms with Gasteiger partial charge in [-0.1, -0.05) is 36.0 Å². The molecule has 1 aliphatic rings. The van der Waals surface area contributed by atoms with Crippen LogP contribution in [0.25, 0.3) is 0 Å². The van der Waals surface area contributed by atoms with Crippen LogP contribution in [-0.2, 0) is 6.42 Å². The van der Waals surface area contributed by atoms with Crippen molar-refractivity contribution < 1.29 is 0 Å². The van der Waals surface area contributed by atoms with E-state index in [1.54, 1.807) is 0 Å². The molecule has 0 radical (unpaired) electrons. The summed E-state index contributed by atoms with van der Waals surface area (Å²) in [5, 5.41) is 5.31. The molecule has 1 aliphatic carbocycles. The summed E-state index contributed by atoms with van der Waals surface area (Å²) in [6, 6.07) is 5.81. The standard InChI is InChI=1S/C17H25Cl2N/c1-16(2,3)20-12-17(8-4-5-9-17)11-13-10-14(18)6-7-15(13)19/h6-7,10,20H,4-5,8-9,11-12H2,1-3H3. The molecule has 1 N–H and O–H groups in total. The van der Waals surface area contributed by atoms with E-state index < -0.39 is 0 Å². The van der Waals surface area contributed by atoms with Crippen molar-refractivity contribution in [2.75, 3.05) is 6.54 Å². The van der Waals surface area contributed by atoms with Gasteiger partial charge in [0.05, 0.1) is 0 Å². The van der Waals surface area contributed by atoms with Gasteiger partial charge < -0.3 is 5.32 Å². The van der Waals surface area contributed by atoms with Crippen LogP contribution in [0, 0.1) is 5.41 Å². The first-order valence-corrected chi connectivity index (χ1v) is 8.24. The average molecular weight is 314 g/mol. The molecular formula is C17H25Cl2N. The van der Waals surface area contributed by atoms with Crippen molar-refractivity contribution in [1.82, 2.24) is 5.32 Å². The zero-order valence-corrected chi connectivity index (χ0v) is 14.2. The molecule has 0 atom stereocenters. The molecular weight excluding hydrogens is 289 g/mol. The summed E-state index contributed by atoms with van der Waals surface area (Å²) in [7, 11) is 0. The minimum atomic E-state index is 0.160.